The highest BCUT2D eigenvalue weighted by molar-refractivity contribution is 4.89. The second-order valence-electron chi connectivity index (χ2n) is 6.04. The van der Waals surface area contributed by atoms with Gasteiger partial charge in [-0.15, -0.1) is 0 Å². The Morgan fingerprint density at radius 2 is 1.75 bits per heavy atom. The van der Waals surface area contributed by atoms with Gasteiger partial charge in [0.25, 0.3) is 0 Å². The number of aliphatic hydroxyl groups is 1. The average molecular weight is 225 g/mol. The number of rotatable bonds is 2. The highest BCUT2D eigenvalue weighted by atomic mass is 16.3. The minimum atomic E-state index is -0.0399. The van der Waals surface area contributed by atoms with E-state index in [1.54, 1.807) is 0 Å². The molecule has 1 heterocycles. The van der Waals surface area contributed by atoms with Gasteiger partial charge in [0.1, 0.15) is 0 Å². The molecule has 0 aromatic carbocycles. The largest absolute Gasteiger partial charge is 0.393 e. The summed E-state index contributed by atoms with van der Waals surface area (Å²) >= 11 is 0. The zero-order valence-corrected chi connectivity index (χ0v) is 10.9. The summed E-state index contributed by atoms with van der Waals surface area (Å²) in [6.45, 7) is 7.22. The van der Waals surface area contributed by atoms with Crippen LogP contribution in [0.2, 0.25) is 0 Å². The van der Waals surface area contributed by atoms with Gasteiger partial charge < -0.3 is 10.0 Å². The number of nitrogens with zero attached hydrogens (tertiary/aromatic N) is 1. The maximum atomic E-state index is 9.88. The van der Waals surface area contributed by atoms with Crippen molar-refractivity contribution in [1.29, 1.82) is 0 Å². The van der Waals surface area contributed by atoms with Gasteiger partial charge in [0.05, 0.1) is 6.10 Å². The van der Waals surface area contributed by atoms with Crippen LogP contribution in [0.1, 0.15) is 52.4 Å². The van der Waals surface area contributed by atoms with Crippen molar-refractivity contribution in [3.05, 3.63) is 0 Å². The van der Waals surface area contributed by atoms with Gasteiger partial charge >= 0.3 is 0 Å². The summed E-state index contributed by atoms with van der Waals surface area (Å²) in [5.41, 5.74) is 0. The molecule has 2 fully saturated rings. The van der Waals surface area contributed by atoms with Gasteiger partial charge in [-0.25, -0.2) is 0 Å². The molecule has 2 heteroatoms. The van der Waals surface area contributed by atoms with E-state index < -0.39 is 0 Å². The highest BCUT2D eigenvalue weighted by Gasteiger charge is 2.35. The molecule has 1 aliphatic carbocycles. The molecule has 0 aromatic heterocycles. The molecule has 2 rings (SSSR count). The molecule has 2 aliphatic rings. The van der Waals surface area contributed by atoms with Crippen molar-refractivity contribution in [2.24, 2.45) is 11.8 Å². The van der Waals surface area contributed by atoms with Crippen molar-refractivity contribution >= 4 is 0 Å². The third-order valence-corrected chi connectivity index (χ3v) is 4.56. The summed E-state index contributed by atoms with van der Waals surface area (Å²) in [7, 11) is 0. The Hall–Kier alpha value is -0.0800. The number of aliphatic hydroxyl groups excluding tert-OH is 1. The third kappa shape index (κ3) is 2.78. The van der Waals surface area contributed by atoms with Crippen LogP contribution in [-0.2, 0) is 0 Å². The Bertz CT molecular complexity index is 211. The van der Waals surface area contributed by atoms with Crippen LogP contribution >= 0.6 is 0 Å². The fourth-order valence-corrected chi connectivity index (χ4v) is 3.60. The first kappa shape index (κ1) is 12.4. The lowest BCUT2D eigenvalue weighted by atomic mass is 9.75. The molecule has 3 unspecified atom stereocenters. The predicted molar refractivity (Wildman–Crippen MR) is 67.4 cm³/mol. The standard InChI is InChI=1S/C14H27NO/c1-11(2)13-7-6-12(16)10-14(13)15-8-4-3-5-9-15/h11-14,16H,3-10H2,1-2H3. The van der Waals surface area contributed by atoms with Crippen LogP contribution < -0.4 is 0 Å². The van der Waals surface area contributed by atoms with Gasteiger partial charge in [0.2, 0.25) is 0 Å². The van der Waals surface area contributed by atoms with E-state index >= 15 is 0 Å². The molecular formula is C14H27NO. The van der Waals surface area contributed by atoms with E-state index in [0.29, 0.717) is 6.04 Å². The summed E-state index contributed by atoms with van der Waals surface area (Å²) < 4.78 is 0. The van der Waals surface area contributed by atoms with Crippen LogP contribution in [0.5, 0.6) is 0 Å². The van der Waals surface area contributed by atoms with E-state index in [2.05, 4.69) is 18.7 Å². The van der Waals surface area contributed by atoms with Gasteiger partial charge in [0, 0.05) is 6.04 Å². The minimum Gasteiger partial charge on any atom is -0.393 e. The van der Waals surface area contributed by atoms with Crippen LogP contribution in [0.15, 0.2) is 0 Å². The number of likely N-dealkylation sites (tertiary alicyclic amines) is 1. The van der Waals surface area contributed by atoms with Crippen LogP contribution in [0.3, 0.4) is 0 Å². The van der Waals surface area contributed by atoms with Gasteiger partial charge in [-0.2, -0.15) is 0 Å². The molecule has 0 spiro atoms. The van der Waals surface area contributed by atoms with E-state index in [4.69, 9.17) is 0 Å². The first-order valence-corrected chi connectivity index (χ1v) is 7.10. The van der Waals surface area contributed by atoms with Crippen molar-refractivity contribution in [1.82, 2.24) is 4.90 Å². The number of hydrogen-bond donors (Lipinski definition) is 1. The molecule has 0 amide bonds. The topological polar surface area (TPSA) is 23.5 Å². The van der Waals surface area contributed by atoms with E-state index in [-0.39, 0.29) is 6.10 Å². The molecular weight excluding hydrogens is 198 g/mol. The molecule has 0 radical (unpaired) electrons. The van der Waals surface area contributed by atoms with Crippen LogP contribution in [0.25, 0.3) is 0 Å². The summed E-state index contributed by atoms with van der Waals surface area (Å²) in [4.78, 5) is 2.66. The highest BCUT2D eigenvalue weighted by Crippen LogP contribution is 2.34. The predicted octanol–water partition coefficient (Wildman–Crippen LogP) is 2.66. The Morgan fingerprint density at radius 3 is 2.38 bits per heavy atom. The lowest BCUT2D eigenvalue weighted by Gasteiger charge is -2.44. The molecule has 2 nitrogen and oxygen atoms in total. The third-order valence-electron chi connectivity index (χ3n) is 4.56. The lowest BCUT2D eigenvalue weighted by molar-refractivity contribution is 0.00428. The second-order valence-corrected chi connectivity index (χ2v) is 6.04. The maximum Gasteiger partial charge on any atom is 0.0555 e. The van der Waals surface area contributed by atoms with E-state index in [9.17, 15) is 5.11 Å². The van der Waals surface area contributed by atoms with Crippen LogP contribution in [0, 0.1) is 11.8 Å². The molecule has 1 saturated heterocycles. The molecule has 16 heavy (non-hydrogen) atoms. The Balaban J connectivity index is 2.00. The molecule has 1 saturated carbocycles. The summed E-state index contributed by atoms with van der Waals surface area (Å²) in [6.07, 6.45) is 7.34. The molecule has 1 aliphatic heterocycles. The van der Waals surface area contributed by atoms with Crippen molar-refractivity contribution in [2.75, 3.05) is 13.1 Å². The second kappa shape index (κ2) is 5.50. The van der Waals surface area contributed by atoms with Gasteiger partial charge in [0.15, 0.2) is 0 Å². The number of hydrogen-bond acceptors (Lipinski definition) is 2. The van der Waals surface area contributed by atoms with Crippen LogP contribution in [-0.4, -0.2) is 35.2 Å². The Morgan fingerprint density at radius 1 is 1.06 bits per heavy atom. The first-order chi connectivity index (χ1) is 7.68. The van der Waals surface area contributed by atoms with Crippen LogP contribution in [0.4, 0.5) is 0 Å². The van der Waals surface area contributed by atoms with E-state index in [0.717, 1.165) is 24.7 Å². The molecule has 0 bridgehead atoms. The fourth-order valence-electron chi connectivity index (χ4n) is 3.60. The summed E-state index contributed by atoms with van der Waals surface area (Å²) in [5.74, 6) is 1.57. The molecule has 3 atom stereocenters. The van der Waals surface area contributed by atoms with E-state index in [1.807, 2.05) is 0 Å². The smallest absolute Gasteiger partial charge is 0.0555 e. The summed E-state index contributed by atoms with van der Waals surface area (Å²) in [6, 6.07) is 0.657. The maximum absolute atomic E-state index is 9.88. The average Bonchev–Trinajstić information content (AvgIpc) is 2.29. The van der Waals surface area contributed by atoms with Gasteiger partial charge in [-0.05, 0) is 57.0 Å². The minimum absolute atomic E-state index is 0.0399. The monoisotopic (exact) mass is 225 g/mol. The molecule has 94 valence electrons. The van der Waals surface area contributed by atoms with Gasteiger partial charge in [-0.3, -0.25) is 0 Å². The van der Waals surface area contributed by atoms with Crippen molar-refractivity contribution < 1.29 is 5.11 Å². The lowest BCUT2D eigenvalue weighted by Crippen LogP contribution is -2.49. The van der Waals surface area contributed by atoms with Crippen molar-refractivity contribution in [2.45, 2.75) is 64.5 Å². The molecule has 0 aromatic rings. The zero-order valence-electron chi connectivity index (χ0n) is 10.9. The van der Waals surface area contributed by atoms with Crippen molar-refractivity contribution in [3.8, 4) is 0 Å². The first-order valence-electron chi connectivity index (χ1n) is 7.10. The Kier molecular flexibility index (Phi) is 4.26. The quantitative estimate of drug-likeness (QED) is 0.781. The number of piperidine rings is 1. The SMILES string of the molecule is CC(C)C1CCC(O)CC1N1CCCCC1. The van der Waals surface area contributed by atoms with E-state index in [1.165, 1.54) is 38.8 Å². The normalized spacial score (nSPS) is 37.9. The Labute approximate surface area is 100 Å². The fraction of sp³-hybridized carbons (Fsp3) is 1.00. The van der Waals surface area contributed by atoms with Gasteiger partial charge in [-0.1, -0.05) is 20.3 Å². The summed E-state index contributed by atoms with van der Waals surface area (Å²) in [5, 5.41) is 9.88. The van der Waals surface area contributed by atoms with Crippen molar-refractivity contribution in [3.63, 3.8) is 0 Å². The molecule has 1 N–H and O–H groups in total. The zero-order chi connectivity index (χ0) is 11.5.